The number of amides is 2. The predicted molar refractivity (Wildman–Crippen MR) is 101 cm³/mol. The highest BCUT2D eigenvalue weighted by Gasteiger charge is 2.10. The first-order valence-corrected chi connectivity index (χ1v) is 8.68. The molecule has 1 aromatic heterocycles. The minimum atomic E-state index is -0.397. The molecule has 0 atom stereocenters. The maximum atomic E-state index is 12.3. The number of carbonyl (C=O) groups excluding carboxylic acids is 2. The van der Waals surface area contributed by atoms with Crippen LogP contribution in [0.25, 0.3) is 0 Å². The fraction of sp³-hybridized carbons (Fsp3) is 0.368. The van der Waals surface area contributed by atoms with E-state index in [1.807, 2.05) is 20.8 Å². The third-order valence-corrected chi connectivity index (χ3v) is 3.55. The summed E-state index contributed by atoms with van der Waals surface area (Å²) in [6.45, 7) is 6.36. The molecular weight excluding hydrogens is 332 g/mol. The first-order chi connectivity index (χ1) is 12.4. The van der Waals surface area contributed by atoms with Crippen LogP contribution in [0.1, 0.15) is 44.1 Å². The smallest absolute Gasteiger partial charge is 0.276 e. The monoisotopic (exact) mass is 356 g/mol. The van der Waals surface area contributed by atoms with Gasteiger partial charge in [-0.1, -0.05) is 20.8 Å². The van der Waals surface area contributed by atoms with Gasteiger partial charge in [0.1, 0.15) is 5.69 Å². The van der Waals surface area contributed by atoms with Crippen molar-refractivity contribution in [2.24, 2.45) is 5.92 Å². The van der Waals surface area contributed by atoms with Crippen LogP contribution in [0.5, 0.6) is 0 Å². The summed E-state index contributed by atoms with van der Waals surface area (Å²) in [5, 5.41) is 9.62. The molecule has 2 N–H and O–H groups in total. The normalized spacial score (nSPS) is 10.6. The summed E-state index contributed by atoms with van der Waals surface area (Å²) in [7, 11) is 0. The Balaban J connectivity index is 2.02. The van der Waals surface area contributed by atoms with Gasteiger partial charge < -0.3 is 10.6 Å². The fourth-order valence-corrected chi connectivity index (χ4v) is 2.36. The van der Waals surface area contributed by atoms with E-state index in [0.29, 0.717) is 24.3 Å². The van der Waals surface area contributed by atoms with Gasteiger partial charge in [-0.3, -0.25) is 14.4 Å². The molecule has 0 aliphatic carbocycles. The van der Waals surface area contributed by atoms with E-state index in [0.717, 1.165) is 6.42 Å². The molecule has 0 unspecified atom stereocenters. The molecule has 0 aliphatic heterocycles. The summed E-state index contributed by atoms with van der Waals surface area (Å²) in [5.74, 6) is -0.150. The number of hydrogen-bond acceptors (Lipinski definition) is 4. The largest absolute Gasteiger partial charge is 0.326 e. The molecule has 0 aliphatic rings. The Hall–Kier alpha value is -2.96. The molecule has 0 saturated carbocycles. The molecule has 1 heterocycles. The van der Waals surface area contributed by atoms with Crippen LogP contribution in [0.3, 0.4) is 0 Å². The molecule has 0 spiro atoms. The van der Waals surface area contributed by atoms with Crippen molar-refractivity contribution in [3.8, 4) is 0 Å². The lowest BCUT2D eigenvalue weighted by molar-refractivity contribution is -0.116. The highest BCUT2D eigenvalue weighted by atomic mass is 16.2. The Bertz CT molecular complexity index is 825. The van der Waals surface area contributed by atoms with E-state index >= 15 is 0 Å². The van der Waals surface area contributed by atoms with Crippen LogP contribution in [-0.4, -0.2) is 21.6 Å². The van der Waals surface area contributed by atoms with Gasteiger partial charge in [0, 0.05) is 30.4 Å². The number of aryl methyl sites for hydroxylation is 1. The van der Waals surface area contributed by atoms with Gasteiger partial charge in [0.25, 0.3) is 11.5 Å². The number of hydrogen-bond donors (Lipinski definition) is 2. The number of rotatable bonds is 7. The summed E-state index contributed by atoms with van der Waals surface area (Å²) >= 11 is 0. The average Bonchev–Trinajstić information content (AvgIpc) is 2.58. The molecule has 0 fully saturated rings. The molecule has 7 heteroatoms. The Morgan fingerprint density at radius 2 is 1.65 bits per heavy atom. The summed E-state index contributed by atoms with van der Waals surface area (Å²) in [6.07, 6.45) is 1.21. The SMILES string of the molecule is CCCn1nc(C(=O)Nc2ccc(NC(=O)CC(C)C)cc2)ccc1=O. The highest BCUT2D eigenvalue weighted by Crippen LogP contribution is 2.15. The van der Waals surface area contributed by atoms with Crippen molar-refractivity contribution in [1.82, 2.24) is 9.78 Å². The minimum absolute atomic E-state index is 0.0424. The lowest BCUT2D eigenvalue weighted by atomic mass is 10.1. The van der Waals surface area contributed by atoms with E-state index < -0.39 is 5.91 Å². The molecule has 0 radical (unpaired) electrons. The summed E-state index contributed by atoms with van der Waals surface area (Å²) in [4.78, 5) is 35.7. The van der Waals surface area contributed by atoms with Crippen molar-refractivity contribution >= 4 is 23.2 Å². The third kappa shape index (κ3) is 5.54. The maximum absolute atomic E-state index is 12.3. The van der Waals surface area contributed by atoms with Gasteiger partial charge in [0.15, 0.2) is 0 Å². The van der Waals surface area contributed by atoms with E-state index in [9.17, 15) is 14.4 Å². The second-order valence-electron chi connectivity index (χ2n) is 6.46. The van der Waals surface area contributed by atoms with Crippen molar-refractivity contribution in [3.63, 3.8) is 0 Å². The molecular formula is C19H24N4O3. The number of aromatic nitrogens is 2. The second kappa shape index (κ2) is 8.94. The van der Waals surface area contributed by atoms with Crippen molar-refractivity contribution in [1.29, 1.82) is 0 Å². The van der Waals surface area contributed by atoms with Crippen molar-refractivity contribution in [3.05, 3.63) is 52.4 Å². The van der Waals surface area contributed by atoms with Gasteiger partial charge in [0.05, 0.1) is 0 Å². The average molecular weight is 356 g/mol. The van der Waals surface area contributed by atoms with Gasteiger partial charge in [-0.25, -0.2) is 4.68 Å². The standard InChI is InChI=1S/C19H24N4O3/c1-4-11-23-18(25)10-9-16(22-23)19(26)21-15-7-5-14(6-8-15)20-17(24)12-13(2)3/h5-10,13H,4,11-12H2,1-3H3,(H,20,24)(H,21,26). The molecule has 0 saturated heterocycles. The highest BCUT2D eigenvalue weighted by molar-refractivity contribution is 6.02. The summed E-state index contributed by atoms with van der Waals surface area (Å²) < 4.78 is 1.28. The minimum Gasteiger partial charge on any atom is -0.326 e. The molecule has 1 aromatic carbocycles. The van der Waals surface area contributed by atoms with Crippen molar-refractivity contribution < 1.29 is 9.59 Å². The first-order valence-electron chi connectivity index (χ1n) is 8.68. The maximum Gasteiger partial charge on any atom is 0.276 e. The lowest BCUT2D eigenvalue weighted by Gasteiger charge is -2.09. The predicted octanol–water partition coefficient (Wildman–Crippen LogP) is 2.89. The zero-order valence-corrected chi connectivity index (χ0v) is 15.3. The van der Waals surface area contributed by atoms with Gasteiger partial charge >= 0.3 is 0 Å². The molecule has 2 amide bonds. The number of nitrogens with one attached hydrogen (secondary N) is 2. The lowest BCUT2D eigenvalue weighted by Crippen LogP contribution is -2.26. The van der Waals surface area contributed by atoms with Crippen LogP contribution in [-0.2, 0) is 11.3 Å². The Morgan fingerprint density at radius 3 is 2.23 bits per heavy atom. The van der Waals surface area contributed by atoms with Gasteiger partial charge in [0.2, 0.25) is 5.91 Å². The summed E-state index contributed by atoms with van der Waals surface area (Å²) in [5.41, 5.74) is 1.19. The molecule has 2 aromatic rings. The Morgan fingerprint density at radius 1 is 1.04 bits per heavy atom. The zero-order chi connectivity index (χ0) is 19.1. The molecule has 2 rings (SSSR count). The fourth-order valence-electron chi connectivity index (χ4n) is 2.36. The van der Waals surface area contributed by atoms with E-state index in [1.165, 1.54) is 16.8 Å². The Kier molecular flexibility index (Phi) is 6.66. The zero-order valence-electron chi connectivity index (χ0n) is 15.3. The van der Waals surface area contributed by atoms with E-state index in [2.05, 4.69) is 15.7 Å². The molecule has 0 bridgehead atoms. The molecule has 26 heavy (non-hydrogen) atoms. The first kappa shape index (κ1) is 19.4. The molecule has 138 valence electrons. The van der Waals surface area contributed by atoms with Gasteiger partial charge in [-0.15, -0.1) is 0 Å². The van der Waals surface area contributed by atoms with Crippen molar-refractivity contribution in [2.75, 3.05) is 10.6 Å². The van der Waals surface area contributed by atoms with Crippen LogP contribution < -0.4 is 16.2 Å². The molecule has 7 nitrogen and oxygen atoms in total. The van der Waals surface area contributed by atoms with E-state index in [4.69, 9.17) is 0 Å². The van der Waals surface area contributed by atoms with Crippen molar-refractivity contribution in [2.45, 2.75) is 40.2 Å². The Labute approximate surface area is 152 Å². The van der Waals surface area contributed by atoms with Crippen LogP contribution in [0.4, 0.5) is 11.4 Å². The number of anilines is 2. The number of carbonyl (C=O) groups is 2. The van der Waals surface area contributed by atoms with Crippen LogP contribution in [0.2, 0.25) is 0 Å². The van der Waals surface area contributed by atoms with Crippen LogP contribution in [0.15, 0.2) is 41.2 Å². The van der Waals surface area contributed by atoms with Gasteiger partial charge in [-0.2, -0.15) is 5.10 Å². The summed E-state index contributed by atoms with van der Waals surface area (Å²) in [6, 6.07) is 9.59. The third-order valence-electron chi connectivity index (χ3n) is 3.55. The van der Waals surface area contributed by atoms with Crippen LogP contribution in [0, 0.1) is 5.92 Å². The van der Waals surface area contributed by atoms with Crippen LogP contribution >= 0.6 is 0 Å². The number of benzene rings is 1. The second-order valence-corrected chi connectivity index (χ2v) is 6.46. The van der Waals surface area contributed by atoms with Gasteiger partial charge in [-0.05, 0) is 42.7 Å². The topological polar surface area (TPSA) is 93.1 Å². The number of nitrogens with zero attached hydrogens (tertiary/aromatic N) is 2. The van der Waals surface area contributed by atoms with E-state index in [-0.39, 0.29) is 23.1 Å². The van der Waals surface area contributed by atoms with E-state index in [1.54, 1.807) is 24.3 Å². The quantitative estimate of drug-likeness (QED) is 0.798.